The summed E-state index contributed by atoms with van der Waals surface area (Å²) in [4.78, 5) is -0.215. The highest BCUT2D eigenvalue weighted by Crippen LogP contribution is 2.31. The van der Waals surface area contributed by atoms with Crippen LogP contribution in [-0.4, -0.2) is 37.0 Å². The number of sulfonamides is 1. The molecule has 1 heterocycles. The molecule has 1 aliphatic heterocycles. The first-order valence-corrected chi connectivity index (χ1v) is 9.37. The molecule has 1 aliphatic rings. The lowest BCUT2D eigenvalue weighted by molar-refractivity contribution is 0.189. The highest BCUT2D eigenvalue weighted by Gasteiger charge is 2.32. The molecule has 136 valence electrons. The smallest absolute Gasteiger partial charge is 0.243 e. The minimum absolute atomic E-state index is 0.0195. The van der Waals surface area contributed by atoms with Crippen LogP contribution in [-0.2, 0) is 10.0 Å². The summed E-state index contributed by atoms with van der Waals surface area (Å²) in [5.74, 6) is -1.48. The molecular weight excluding hydrogens is 362 g/mol. The molecule has 0 radical (unpaired) electrons. The lowest BCUT2D eigenvalue weighted by Crippen LogP contribution is -2.29. The number of hydrogen-bond donors (Lipinski definition) is 1. The predicted octanol–water partition coefficient (Wildman–Crippen LogP) is 2.57. The molecule has 1 atom stereocenters. The Hall–Kier alpha value is -2.34. The molecule has 0 amide bonds. The fourth-order valence-corrected chi connectivity index (χ4v) is 4.57. The van der Waals surface area contributed by atoms with Crippen molar-refractivity contribution in [1.29, 1.82) is 5.26 Å². The first-order valence-electron chi connectivity index (χ1n) is 7.93. The monoisotopic (exact) mass is 378 g/mol. The van der Waals surface area contributed by atoms with Crippen molar-refractivity contribution in [2.75, 3.05) is 13.1 Å². The van der Waals surface area contributed by atoms with E-state index in [1.54, 1.807) is 6.07 Å². The average Bonchev–Trinajstić information content (AvgIpc) is 3.03. The highest BCUT2D eigenvalue weighted by molar-refractivity contribution is 7.89. The molecule has 2 aromatic rings. The van der Waals surface area contributed by atoms with E-state index in [0.29, 0.717) is 12.0 Å². The van der Waals surface area contributed by atoms with E-state index in [0.717, 1.165) is 16.4 Å². The molecule has 1 unspecified atom stereocenters. The van der Waals surface area contributed by atoms with Crippen LogP contribution in [0.3, 0.4) is 0 Å². The van der Waals surface area contributed by atoms with E-state index in [-0.39, 0.29) is 34.7 Å². The molecule has 1 N–H and O–H groups in total. The van der Waals surface area contributed by atoms with Gasteiger partial charge in [0.1, 0.15) is 17.7 Å². The fourth-order valence-electron chi connectivity index (χ4n) is 3.06. The summed E-state index contributed by atoms with van der Waals surface area (Å²) in [5.41, 5.74) is 0.509. The molecule has 2 aromatic carbocycles. The minimum Gasteiger partial charge on any atom is -0.392 e. The summed E-state index contributed by atoms with van der Waals surface area (Å²) >= 11 is 0. The number of hydrogen-bond acceptors (Lipinski definition) is 4. The SMILES string of the molecule is Cc1c(-c2ccc(S(=O)(=O)N3CCC(O)C3)cc2F)ccc(F)c1C#N. The Morgan fingerprint density at radius 2 is 1.88 bits per heavy atom. The summed E-state index contributed by atoms with van der Waals surface area (Å²) in [5, 5.41) is 18.6. The average molecular weight is 378 g/mol. The van der Waals surface area contributed by atoms with Crippen molar-refractivity contribution in [2.24, 2.45) is 0 Å². The van der Waals surface area contributed by atoms with Crippen molar-refractivity contribution >= 4 is 10.0 Å². The van der Waals surface area contributed by atoms with Gasteiger partial charge in [-0.25, -0.2) is 17.2 Å². The van der Waals surface area contributed by atoms with E-state index in [4.69, 9.17) is 5.26 Å². The molecule has 0 bridgehead atoms. The second kappa shape index (κ2) is 6.76. The number of benzene rings is 2. The van der Waals surface area contributed by atoms with Crippen molar-refractivity contribution in [3.05, 3.63) is 53.1 Å². The van der Waals surface area contributed by atoms with Gasteiger partial charge >= 0.3 is 0 Å². The molecule has 0 aromatic heterocycles. The number of halogens is 2. The van der Waals surface area contributed by atoms with Gasteiger partial charge in [-0.15, -0.1) is 0 Å². The molecule has 1 saturated heterocycles. The van der Waals surface area contributed by atoms with Crippen LogP contribution >= 0.6 is 0 Å². The van der Waals surface area contributed by atoms with E-state index in [2.05, 4.69) is 0 Å². The fraction of sp³-hybridized carbons (Fsp3) is 0.278. The van der Waals surface area contributed by atoms with Crippen LogP contribution < -0.4 is 0 Å². The largest absolute Gasteiger partial charge is 0.392 e. The lowest BCUT2D eigenvalue weighted by atomic mass is 9.96. The molecular formula is C18H16F2N2O3S. The van der Waals surface area contributed by atoms with Crippen molar-refractivity contribution in [3.8, 4) is 17.2 Å². The number of aliphatic hydroxyl groups excluding tert-OH is 1. The summed E-state index contributed by atoms with van der Waals surface area (Å²) in [7, 11) is -3.90. The van der Waals surface area contributed by atoms with E-state index in [9.17, 15) is 22.3 Å². The van der Waals surface area contributed by atoms with Gasteiger partial charge in [-0.2, -0.15) is 9.57 Å². The summed E-state index contributed by atoms with van der Waals surface area (Å²) < 4.78 is 54.5. The van der Waals surface area contributed by atoms with Crippen molar-refractivity contribution < 1.29 is 22.3 Å². The Labute approximate surface area is 150 Å². The molecule has 0 aliphatic carbocycles. The Balaban J connectivity index is 2.03. The third-order valence-electron chi connectivity index (χ3n) is 4.52. The van der Waals surface area contributed by atoms with E-state index in [1.807, 2.05) is 0 Å². The minimum atomic E-state index is -3.90. The number of aliphatic hydroxyl groups is 1. The lowest BCUT2D eigenvalue weighted by Gasteiger charge is -2.17. The maximum absolute atomic E-state index is 14.6. The molecule has 3 rings (SSSR count). The molecule has 5 nitrogen and oxygen atoms in total. The maximum atomic E-state index is 14.6. The molecule has 0 spiro atoms. The van der Waals surface area contributed by atoms with Crippen LogP contribution in [0.5, 0.6) is 0 Å². The van der Waals surface area contributed by atoms with Gasteiger partial charge in [0.15, 0.2) is 0 Å². The van der Waals surface area contributed by atoms with Gasteiger partial charge in [0.25, 0.3) is 0 Å². The number of nitriles is 1. The van der Waals surface area contributed by atoms with Crippen molar-refractivity contribution in [1.82, 2.24) is 4.31 Å². The van der Waals surface area contributed by atoms with Crippen LogP contribution in [0.1, 0.15) is 17.5 Å². The zero-order chi connectivity index (χ0) is 19.1. The number of β-amino-alcohol motifs (C(OH)–C–C–N with tert-alkyl or cyclic N) is 1. The van der Waals surface area contributed by atoms with Crippen molar-refractivity contribution in [2.45, 2.75) is 24.3 Å². The van der Waals surface area contributed by atoms with Gasteiger partial charge in [0.05, 0.1) is 16.6 Å². The first-order chi connectivity index (χ1) is 12.3. The zero-order valence-corrected chi connectivity index (χ0v) is 14.7. The Morgan fingerprint density at radius 1 is 1.19 bits per heavy atom. The van der Waals surface area contributed by atoms with Gasteiger partial charge < -0.3 is 5.11 Å². The third-order valence-corrected chi connectivity index (χ3v) is 6.38. The topological polar surface area (TPSA) is 81.4 Å². The van der Waals surface area contributed by atoms with Gasteiger partial charge in [-0.3, -0.25) is 0 Å². The summed E-state index contributed by atoms with van der Waals surface area (Å²) in [6.07, 6.45) is -0.383. The van der Waals surface area contributed by atoms with E-state index < -0.39 is 27.8 Å². The molecule has 8 heteroatoms. The molecule has 1 fully saturated rings. The van der Waals surface area contributed by atoms with Crippen LogP contribution in [0.4, 0.5) is 8.78 Å². The summed E-state index contributed by atoms with van der Waals surface area (Å²) in [6, 6.07) is 7.66. The molecule has 26 heavy (non-hydrogen) atoms. The van der Waals surface area contributed by atoms with Crippen LogP contribution in [0, 0.1) is 29.9 Å². The zero-order valence-electron chi connectivity index (χ0n) is 13.9. The van der Waals surface area contributed by atoms with Gasteiger partial charge in [0, 0.05) is 18.7 Å². The second-order valence-corrected chi connectivity index (χ2v) is 8.09. The van der Waals surface area contributed by atoms with Gasteiger partial charge in [0.2, 0.25) is 10.0 Å². The quantitative estimate of drug-likeness (QED) is 0.890. The third kappa shape index (κ3) is 3.09. The maximum Gasteiger partial charge on any atom is 0.243 e. The van der Waals surface area contributed by atoms with Crippen LogP contribution in [0.25, 0.3) is 11.1 Å². The Bertz CT molecular complexity index is 1020. The number of rotatable bonds is 3. The normalized spacial score (nSPS) is 18.0. The van der Waals surface area contributed by atoms with E-state index >= 15 is 0 Å². The Kier molecular flexibility index (Phi) is 4.80. The highest BCUT2D eigenvalue weighted by atomic mass is 32.2. The second-order valence-electron chi connectivity index (χ2n) is 6.15. The first kappa shape index (κ1) is 18.5. The predicted molar refractivity (Wildman–Crippen MR) is 90.6 cm³/mol. The standard InChI is InChI=1S/C18H16F2N2O3S/c1-11-14(4-5-17(19)16(11)9-21)15-3-2-13(8-18(15)20)26(24,25)22-7-6-12(23)10-22/h2-5,8,12,23H,6-7,10H2,1H3. The Morgan fingerprint density at radius 3 is 2.46 bits per heavy atom. The van der Waals surface area contributed by atoms with Crippen LogP contribution in [0.15, 0.2) is 35.2 Å². The molecule has 0 saturated carbocycles. The van der Waals surface area contributed by atoms with E-state index in [1.165, 1.54) is 25.1 Å². The van der Waals surface area contributed by atoms with Gasteiger partial charge in [-0.1, -0.05) is 12.1 Å². The van der Waals surface area contributed by atoms with Crippen LogP contribution in [0.2, 0.25) is 0 Å². The van der Waals surface area contributed by atoms with Crippen molar-refractivity contribution in [3.63, 3.8) is 0 Å². The van der Waals surface area contributed by atoms with Gasteiger partial charge in [-0.05, 0) is 42.7 Å². The number of nitrogens with zero attached hydrogens (tertiary/aromatic N) is 2. The summed E-state index contributed by atoms with van der Waals surface area (Å²) in [6.45, 7) is 1.66.